The van der Waals surface area contributed by atoms with E-state index in [0.717, 1.165) is 0 Å². The Hall–Kier alpha value is -3.74. The molecule has 0 saturated carbocycles. The van der Waals surface area contributed by atoms with Crippen LogP contribution >= 0.6 is 0 Å². The van der Waals surface area contributed by atoms with Gasteiger partial charge in [-0.2, -0.15) is 11.1 Å². The van der Waals surface area contributed by atoms with E-state index in [1.54, 1.807) is 91.0 Å². The minimum atomic E-state index is -0.879. The van der Waals surface area contributed by atoms with Gasteiger partial charge in [-0.1, -0.05) is 81.3 Å². The summed E-state index contributed by atoms with van der Waals surface area (Å²) in [7, 11) is 0. The van der Waals surface area contributed by atoms with Crippen molar-refractivity contribution in [2.75, 3.05) is 0 Å². The molecule has 0 fully saturated rings. The molecule has 0 saturated heterocycles. The number of hydrogen-bond donors (Lipinski definition) is 3. The predicted molar refractivity (Wildman–Crippen MR) is 140 cm³/mol. The standard InChI is InChI=1S/C9H13.3C7H6O2.Ti/c1-6-5-7(2)9(4)8(6)3;3*8-7(9)6-4-2-1-3-5-6;/h6H,1-4H3;3*1-5H,(H,8,9);/q-1;;;;. The smallest absolute Gasteiger partial charge is 0.335 e. The summed E-state index contributed by atoms with van der Waals surface area (Å²) in [5, 5.41) is 25.2. The van der Waals surface area contributed by atoms with Crippen molar-refractivity contribution in [1.29, 1.82) is 0 Å². The van der Waals surface area contributed by atoms with Crippen LogP contribution in [-0.4, -0.2) is 33.2 Å². The van der Waals surface area contributed by atoms with Crippen LogP contribution in [0.1, 0.15) is 58.8 Å². The zero-order valence-corrected chi connectivity index (χ0v) is 22.9. The third-order valence-electron chi connectivity index (χ3n) is 5.30. The molecule has 7 heteroatoms. The minimum absolute atomic E-state index is 0. The molecule has 0 amide bonds. The van der Waals surface area contributed by atoms with Crippen LogP contribution in [0.3, 0.4) is 0 Å². The van der Waals surface area contributed by atoms with Crippen LogP contribution in [0, 0.1) is 12.0 Å². The molecule has 37 heavy (non-hydrogen) atoms. The molecule has 0 spiro atoms. The van der Waals surface area contributed by atoms with Gasteiger partial charge in [-0.05, 0) is 36.4 Å². The molecule has 3 aromatic rings. The van der Waals surface area contributed by atoms with E-state index in [1.165, 1.54) is 16.7 Å². The quantitative estimate of drug-likeness (QED) is 0.249. The van der Waals surface area contributed by atoms with E-state index in [9.17, 15) is 14.4 Å². The van der Waals surface area contributed by atoms with E-state index in [1.807, 2.05) is 0 Å². The van der Waals surface area contributed by atoms with E-state index < -0.39 is 17.9 Å². The Bertz CT molecular complexity index is 1070. The molecule has 3 aromatic carbocycles. The molecular weight excluding hydrogens is 504 g/mol. The third-order valence-corrected chi connectivity index (χ3v) is 5.30. The topological polar surface area (TPSA) is 112 Å². The number of rotatable bonds is 3. The average Bonchev–Trinajstić information content (AvgIpc) is 3.11. The van der Waals surface area contributed by atoms with E-state index in [-0.39, 0.29) is 21.7 Å². The molecule has 0 aromatic heterocycles. The Labute approximate surface area is 232 Å². The predicted octanol–water partition coefficient (Wildman–Crippen LogP) is 6.87. The Kier molecular flexibility index (Phi) is 15.9. The summed E-state index contributed by atoms with van der Waals surface area (Å²) in [6, 6.07) is 24.9. The van der Waals surface area contributed by atoms with Crippen molar-refractivity contribution in [2.24, 2.45) is 5.92 Å². The normalized spacial score (nSPS) is 13.1. The molecule has 1 unspecified atom stereocenters. The molecule has 4 rings (SSSR count). The molecule has 0 aliphatic heterocycles. The molecule has 0 radical (unpaired) electrons. The molecule has 0 bridgehead atoms. The zero-order chi connectivity index (χ0) is 27.1. The van der Waals surface area contributed by atoms with Gasteiger partial charge in [0.25, 0.3) is 0 Å². The summed E-state index contributed by atoms with van der Waals surface area (Å²) < 4.78 is 0. The van der Waals surface area contributed by atoms with Crippen LogP contribution in [0.15, 0.2) is 108 Å². The van der Waals surface area contributed by atoms with Crippen LogP contribution < -0.4 is 0 Å². The molecule has 192 valence electrons. The van der Waals surface area contributed by atoms with Gasteiger partial charge < -0.3 is 15.3 Å². The molecule has 1 atom stereocenters. The monoisotopic (exact) mass is 535 g/mol. The number of carboxylic acid groups (broad SMARTS) is 3. The van der Waals surface area contributed by atoms with Gasteiger partial charge in [0, 0.05) is 21.7 Å². The summed E-state index contributed by atoms with van der Waals surface area (Å²) in [4.78, 5) is 30.6. The molecule has 0 heterocycles. The summed E-state index contributed by atoms with van der Waals surface area (Å²) in [5.74, 6) is -2.08. The number of carbonyl (C=O) groups is 3. The first-order valence-corrected chi connectivity index (χ1v) is 11.2. The van der Waals surface area contributed by atoms with E-state index in [0.29, 0.717) is 22.6 Å². The number of allylic oxidation sites excluding steroid dienone is 4. The molecule has 6 nitrogen and oxygen atoms in total. The Morgan fingerprint density at radius 2 is 0.865 bits per heavy atom. The number of carboxylic acids is 3. The number of hydrogen-bond acceptors (Lipinski definition) is 3. The average molecular weight is 535 g/mol. The first-order chi connectivity index (χ1) is 17.0. The summed E-state index contributed by atoms with van der Waals surface area (Å²) >= 11 is 0. The van der Waals surface area contributed by atoms with E-state index in [2.05, 4.69) is 33.8 Å². The fourth-order valence-electron chi connectivity index (χ4n) is 2.90. The van der Waals surface area contributed by atoms with Gasteiger partial charge in [-0.25, -0.2) is 20.0 Å². The number of aromatic carboxylic acids is 3. The van der Waals surface area contributed by atoms with Gasteiger partial charge in [-0.3, -0.25) is 6.08 Å². The van der Waals surface area contributed by atoms with Gasteiger partial charge in [-0.15, -0.1) is 6.92 Å². The van der Waals surface area contributed by atoms with Crippen LogP contribution in [-0.2, 0) is 21.7 Å². The first-order valence-electron chi connectivity index (χ1n) is 11.2. The van der Waals surface area contributed by atoms with Crippen molar-refractivity contribution in [3.63, 3.8) is 0 Å². The second-order valence-corrected chi connectivity index (χ2v) is 7.81. The Morgan fingerprint density at radius 3 is 0.973 bits per heavy atom. The maximum absolute atomic E-state index is 10.2. The van der Waals surface area contributed by atoms with Gasteiger partial charge >= 0.3 is 17.9 Å². The maximum Gasteiger partial charge on any atom is 0.335 e. The van der Waals surface area contributed by atoms with Gasteiger partial charge in [0.15, 0.2) is 0 Å². The SMILES string of the molecule is CC1=[C-]C(C)C(C)=C1C.O=C(O)c1ccccc1.O=C(O)c1ccccc1.O=C(O)c1ccccc1.[Ti]. The van der Waals surface area contributed by atoms with Crippen LogP contribution in [0.25, 0.3) is 0 Å². The minimum Gasteiger partial charge on any atom is -0.478 e. The van der Waals surface area contributed by atoms with Crippen molar-refractivity contribution >= 4 is 17.9 Å². The van der Waals surface area contributed by atoms with E-state index in [4.69, 9.17) is 15.3 Å². The zero-order valence-electron chi connectivity index (χ0n) is 21.3. The largest absolute Gasteiger partial charge is 0.478 e. The second-order valence-electron chi connectivity index (χ2n) is 7.81. The molecule has 1 aliphatic carbocycles. The summed E-state index contributed by atoms with van der Waals surface area (Å²) in [6.07, 6.45) is 3.36. The fraction of sp³-hybridized carbons (Fsp3) is 0.167. The van der Waals surface area contributed by atoms with Crippen LogP contribution in [0.2, 0.25) is 0 Å². The fourth-order valence-corrected chi connectivity index (χ4v) is 2.90. The van der Waals surface area contributed by atoms with Crippen molar-refractivity contribution < 1.29 is 51.4 Å². The second kappa shape index (κ2) is 17.7. The maximum atomic E-state index is 10.2. The molecule has 1 aliphatic rings. The van der Waals surface area contributed by atoms with Crippen LogP contribution in [0.4, 0.5) is 0 Å². The van der Waals surface area contributed by atoms with Crippen molar-refractivity contribution in [1.82, 2.24) is 0 Å². The van der Waals surface area contributed by atoms with Gasteiger partial charge in [0.1, 0.15) is 0 Å². The van der Waals surface area contributed by atoms with Gasteiger partial charge in [0.2, 0.25) is 0 Å². The number of benzene rings is 3. The third kappa shape index (κ3) is 12.7. The van der Waals surface area contributed by atoms with Crippen molar-refractivity contribution in [2.45, 2.75) is 27.7 Å². The van der Waals surface area contributed by atoms with E-state index >= 15 is 0 Å². The summed E-state index contributed by atoms with van der Waals surface area (Å²) in [6.45, 7) is 8.67. The Morgan fingerprint density at radius 1 is 0.595 bits per heavy atom. The molecule has 3 N–H and O–H groups in total. The molecular formula is C30H31O6Ti-. The van der Waals surface area contributed by atoms with Crippen molar-refractivity contribution in [3.05, 3.63) is 130 Å². The first kappa shape index (κ1) is 33.3. The van der Waals surface area contributed by atoms with Gasteiger partial charge in [0.05, 0.1) is 16.7 Å². The van der Waals surface area contributed by atoms with Crippen molar-refractivity contribution in [3.8, 4) is 0 Å². The summed E-state index contributed by atoms with van der Waals surface area (Å²) in [5.41, 5.74) is 5.24. The van der Waals surface area contributed by atoms with Crippen LogP contribution in [0.5, 0.6) is 0 Å². The Balaban J connectivity index is 0.000000463.